The van der Waals surface area contributed by atoms with Gasteiger partial charge in [-0.1, -0.05) is 85.3 Å². The van der Waals surface area contributed by atoms with E-state index in [-0.39, 0.29) is 17.9 Å². The molecule has 0 radical (unpaired) electrons. The molecule has 0 unspecified atom stereocenters. The van der Waals surface area contributed by atoms with E-state index in [1.54, 1.807) is 4.90 Å². The molecular weight excluding hydrogens is 456 g/mol. The molecule has 0 aliphatic carbocycles. The monoisotopic (exact) mass is 490 g/mol. The van der Waals surface area contributed by atoms with Gasteiger partial charge in [0.05, 0.1) is 0 Å². The number of halogens is 1. The fraction of sp³-hybridized carbons (Fsp3) is 0.333. The van der Waals surface area contributed by atoms with Gasteiger partial charge >= 0.3 is 0 Å². The first kappa shape index (κ1) is 26.5. The van der Waals surface area contributed by atoms with Gasteiger partial charge in [-0.25, -0.2) is 0 Å². The molecule has 184 valence electrons. The second-order valence-corrected chi connectivity index (χ2v) is 9.62. The third kappa shape index (κ3) is 8.25. The van der Waals surface area contributed by atoms with Crippen LogP contribution in [0.15, 0.2) is 78.9 Å². The van der Waals surface area contributed by atoms with Crippen LogP contribution in [0.4, 0.5) is 0 Å². The van der Waals surface area contributed by atoms with Gasteiger partial charge in [0, 0.05) is 30.5 Å². The van der Waals surface area contributed by atoms with Crippen LogP contribution < -0.4 is 5.32 Å². The largest absolute Gasteiger partial charge is 0.352 e. The highest BCUT2D eigenvalue weighted by atomic mass is 35.5. The van der Waals surface area contributed by atoms with Crippen molar-refractivity contribution in [2.45, 2.75) is 65.1 Å². The number of nitrogens with zero attached hydrogens (tertiary/aromatic N) is 1. The Morgan fingerprint density at radius 1 is 0.829 bits per heavy atom. The number of hydrogen-bond donors (Lipinski definition) is 1. The summed E-state index contributed by atoms with van der Waals surface area (Å²) in [5.41, 5.74) is 4.34. The van der Waals surface area contributed by atoms with Gasteiger partial charge in [-0.2, -0.15) is 0 Å². The van der Waals surface area contributed by atoms with Crippen molar-refractivity contribution in [3.8, 4) is 0 Å². The predicted molar refractivity (Wildman–Crippen MR) is 143 cm³/mol. The maximum Gasteiger partial charge on any atom is 0.243 e. The number of nitrogens with one attached hydrogen (secondary N) is 1. The molecule has 1 atom stereocenters. The smallest absolute Gasteiger partial charge is 0.243 e. The average Bonchev–Trinajstić information content (AvgIpc) is 2.86. The van der Waals surface area contributed by atoms with Crippen LogP contribution in [0.2, 0.25) is 5.02 Å². The van der Waals surface area contributed by atoms with Crippen molar-refractivity contribution in [3.05, 3.63) is 106 Å². The van der Waals surface area contributed by atoms with E-state index >= 15 is 0 Å². The van der Waals surface area contributed by atoms with E-state index in [9.17, 15) is 9.59 Å². The highest BCUT2D eigenvalue weighted by Gasteiger charge is 2.30. The Bertz CT molecular complexity index is 1080. The number of aryl methyl sites for hydroxylation is 2. The summed E-state index contributed by atoms with van der Waals surface area (Å²) in [6.45, 7) is 6.33. The number of carbonyl (C=O) groups excluding carboxylic acids is 2. The summed E-state index contributed by atoms with van der Waals surface area (Å²) in [4.78, 5) is 28.8. The van der Waals surface area contributed by atoms with Crippen molar-refractivity contribution in [1.29, 1.82) is 0 Å². The van der Waals surface area contributed by atoms with E-state index in [1.807, 2.05) is 68.4 Å². The molecule has 0 aliphatic heterocycles. The molecule has 0 saturated heterocycles. The fourth-order valence-corrected chi connectivity index (χ4v) is 4.18. The van der Waals surface area contributed by atoms with Gasteiger partial charge in [0.2, 0.25) is 11.8 Å². The molecule has 0 heterocycles. The highest BCUT2D eigenvalue weighted by Crippen LogP contribution is 2.19. The van der Waals surface area contributed by atoms with Gasteiger partial charge in [0.15, 0.2) is 0 Å². The standard InChI is InChI=1S/C30H35ClN2O2/c1-4-23-10-12-24(13-11-23)16-19-29(34)33(21-26-14-17-27(31)18-15-26)28(30(35)32-22(2)3)20-25-8-6-5-7-9-25/h5-15,17-18,22,28H,4,16,19-21H2,1-3H3,(H,32,35)/t28-/m1/s1. The SMILES string of the molecule is CCc1ccc(CCC(=O)N(Cc2ccc(Cl)cc2)[C@H](Cc2ccccc2)C(=O)NC(C)C)cc1. The summed E-state index contributed by atoms with van der Waals surface area (Å²) < 4.78 is 0. The molecule has 4 nitrogen and oxygen atoms in total. The summed E-state index contributed by atoms with van der Waals surface area (Å²) in [6.07, 6.45) is 2.40. The second-order valence-electron chi connectivity index (χ2n) is 9.19. The lowest BCUT2D eigenvalue weighted by Crippen LogP contribution is -2.51. The minimum Gasteiger partial charge on any atom is -0.352 e. The Morgan fingerprint density at radius 2 is 1.43 bits per heavy atom. The van der Waals surface area contributed by atoms with E-state index in [0.29, 0.717) is 30.8 Å². The Labute approximate surface area is 214 Å². The van der Waals surface area contributed by atoms with Crippen LogP contribution in [-0.4, -0.2) is 28.8 Å². The van der Waals surface area contributed by atoms with E-state index < -0.39 is 6.04 Å². The first-order chi connectivity index (χ1) is 16.9. The quantitative estimate of drug-likeness (QED) is 0.358. The fourth-order valence-electron chi connectivity index (χ4n) is 4.06. The molecule has 0 bridgehead atoms. The summed E-state index contributed by atoms with van der Waals surface area (Å²) in [6, 6.07) is 25.1. The first-order valence-corrected chi connectivity index (χ1v) is 12.7. The lowest BCUT2D eigenvalue weighted by molar-refractivity contribution is -0.141. The summed E-state index contributed by atoms with van der Waals surface area (Å²) in [7, 11) is 0. The molecule has 0 fully saturated rings. The van der Waals surface area contributed by atoms with Crippen LogP contribution in [0.3, 0.4) is 0 Å². The summed E-state index contributed by atoms with van der Waals surface area (Å²) in [5.74, 6) is -0.183. The van der Waals surface area contributed by atoms with Gasteiger partial charge in [-0.05, 0) is 61.1 Å². The normalized spacial score (nSPS) is 11.8. The Kier molecular flexibility index (Phi) is 9.92. The highest BCUT2D eigenvalue weighted by molar-refractivity contribution is 6.30. The van der Waals surface area contributed by atoms with Crippen molar-refractivity contribution in [3.63, 3.8) is 0 Å². The molecule has 0 spiro atoms. The van der Waals surface area contributed by atoms with Gasteiger partial charge in [0.1, 0.15) is 6.04 Å². The van der Waals surface area contributed by atoms with Crippen molar-refractivity contribution in [1.82, 2.24) is 10.2 Å². The predicted octanol–water partition coefficient (Wildman–Crippen LogP) is 6.00. The van der Waals surface area contributed by atoms with Gasteiger partial charge in [-0.3, -0.25) is 9.59 Å². The second kappa shape index (κ2) is 13.1. The minimum absolute atomic E-state index is 0.0228. The van der Waals surface area contributed by atoms with Gasteiger partial charge < -0.3 is 10.2 Å². The zero-order chi connectivity index (χ0) is 25.2. The zero-order valence-electron chi connectivity index (χ0n) is 20.8. The van der Waals surface area contributed by atoms with Crippen molar-refractivity contribution in [2.75, 3.05) is 0 Å². The molecule has 0 aliphatic rings. The van der Waals surface area contributed by atoms with E-state index in [0.717, 1.165) is 23.1 Å². The maximum absolute atomic E-state index is 13.7. The summed E-state index contributed by atoms with van der Waals surface area (Å²) >= 11 is 6.08. The van der Waals surface area contributed by atoms with Gasteiger partial charge in [-0.15, -0.1) is 0 Å². The third-order valence-electron chi connectivity index (χ3n) is 6.03. The molecule has 2 amide bonds. The number of benzene rings is 3. The van der Waals surface area contributed by atoms with Crippen molar-refractivity contribution in [2.24, 2.45) is 0 Å². The van der Waals surface area contributed by atoms with Crippen molar-refractivity contribution >= 4 is 23.4 Å². The molecule has 0 aromatic heterocycles. The number of hydrogen-bond acceptors (Lipinski definition) is 2. The number of rotatable bonds is 11. The average molecular weight is 491 g/mol. The van der Waals surface area contributed by atoms with Gasteiger partial charge in [0.25, 0.3) is 0 Å². The Hall–Kier alpha value is -3.11. The first-order valence-electron chi connectivity index (χ1n) is 12.3. The molecule has 35 heavy (non-hydrogen) atoms. The molecule has 3 rings (SSSR count). The third-order valence-corrected chi connectivity index (χ3v) is 6.28. The topological polar surface area (TPSA) is 49.4 Å². The molecule has 3 aromatic carbocycles. The molecule has 3 aromatic rings. The molecular formula is C30H35ClN2O2. The lowest BCUT2D eigenvalue weighted by atomic mass is 10.0. The molecule has 0 saturated carbocycles. The number of amides is 2. The number of carbonyl (C=O) groups is 2. The van der Waals surface area contributed by atoms with Crippen molar-refractivity contribution < 1.29 is 9.59 Å². The zero-order valence-corrected chi connectivity index (χ0v) is 21.6. The Morgan fingerprint density at radius 3 is 2.03 bits per heavy atom. The van der Waals surface area contributed by atoms with Crippen LogP contribution in [0, 0.1) is 0 Å². The van der Waals surface area contributed by atoms with E-state index in [4.69, 9.17) is 11.6 Å². The van der Waals surface area contributed by atoms with E-state index in [1.165, 1.54) is 5.56 Å². The van der Waals surface area contributed by atoms with Crippen LogP contribution in [-0.2, 0) is 35.4 Å². The van der Waals surface area contributed by atoms with Crippen LogP contribution in [0.5, 0.6) is 0 Å². The van der Waals surface area contributed by atoms with E-state index in [2.05, 4.69) is 36.5 Å². The lowest BCUT2D eigenvalue weighted by Gasteiger charge is -2.32. The van der Waals surface area contributed by atoms with Crippen LogP contribution in [0.25, 0.3) is 0 Å². The summed E-state index contributed by atoms with van der Waals surface area (Å²) in [5, 5.41) is 3.67. The molecule has 1 N–H and O–H groups in total. The minimum atomic E-state index is -0.620. The molecule has 5 heteroatoms. The van der Waals surface area contributed by atoms with Crippen LogP contribution in [0.1, 0.15) is 49.4 Å². The Balaban J connectivity index is 1.87. The van der Waals surface area contributed by atoms with Crippen LogP contribution >= 0.6 is 11.6 Å². The maximum atomic E-state index is 13.7.